The van der Waals surface area contributed by atoms with Gasteiger partial charge < -0.3 is 4.74 Å². The van der Waals surface area contributed by atoms with E-state index in [1.54, 1.807) is 0 Å². The standard InChI is InChI=1S/C15H22Br2O/c1-3-18-10-4-9-15(11-16,12-17)14-7-5-13(2)6-8-14/h5-8H,3-4,9-12H2,1-2H3. The Labute approximate surface area is 128 Å². The minimum atomic E-state index is 0.171. The highest BCUT2D eigenvalue weighted by molar-refractivity contribution is 9.09. The van der Waals surface area contributed by atoms with Crippen molar-refractivity contribution >= 4 is 31.9 Å². The monoisotopic (exact) mass is 376 g/mol. The molecule has 1 rings (SSSR count). The molecule has 0 aliphatic rings. The molecule has 0 saturated carbocycles. The van der Waals surface area contributed by atoms with Gasteiger partial charge in [0, 0.05) is 29.3 Å². The van der Waals surface area contributed by atoms with Crippen molar-refractivity contribution in [2.75, 3.05) is 23.9 Å². The fourth-order valence-corrected chi connectivity index (χ4v) is 4.17. The lowest BCUT2D eigenvalue weighted by Gasteiger charge is -2.31. The maximum Gasteiger partial charge on any atom is 0.0466 e. The molecule has 0 bridgehead atoms. The number of hydrogen-bond donors (Lipinski definition) is 0. The Hall–Kier alpha value is 0.140. The van der Waals surface area contributed by atoms with Crippen LogP contribution in [0.3, 0.4) is 0 Å². The number of halogens is 2. The third-order valence-corrected chi connectivity index (χ3v) is 5.47. The lowest BCUT2D eigenvalue weighted by molar-refractivity contribution is 0.139. The van der Waals surface area contributed by atoms with E-state index < -0.39 is 0 Å². The predicted molar refractivity (Wildman–Crippen MR) is 86.2 cm³/mol. The number of alkyl halides is 2. The second-order valence-corrected chi connectivity index (χ2v) is 5.84. The Balaban J connectivity index is 2.75. The summed E-state index contributed by atoms with van der Waals surface area (Å²) in [5.74, 6) is 0. The Kier molecular flexibility index (Phi) is 7.50. The highest BCUT2D eigenvalue weighted by Crippen LogP contribution is 2.33. The van der Waals surface area contributed by atoms with E-state index in [4.69, 9.17) is 4.74 Å². The average molecular weight is 378 g/mol. The smallest absolute Gasteiger partial charge is 0.0466 e. The molecule has 0 atom stereocenters. The van der Waals surface area contributed by atoms with Gasteiger partial charge in [-0.2, -0.15) is 0 Å². The number of rotatable bonds is 8. The zero-order valence-corrected chi connectivity index (χ0v) is 14.4. The lowest BCUT2D eigenvalue weighted by atomic mass is 9.80. The molecule has 0 aliphatic carbocycles. The normalized spacial score (nSPS) is 11.8. The van der Waals surface area contributed by atoms with Gasteiger partial charge >= 0.3 is 0 Å². The molecule has 1 aromatic rings. The molecule has 0 spiro atoms. The van der Waals surface area contributed by atoms with Crippen LogP contribution in [0.15, 0.2) is 24.3 Å². The summed E-state index contributed by atoms with van der Waals surface area (Å²) >= 11 is 7.37. The first-order valence-corrected chi connectivity index (χ1v) is 8.69. The van der Waals surface area contributed by atoms with Gasteiger partial charge in [-0.25, -0.2) is 0 Å². The van der Waals surface area contributed by atoms with Crippen LogP contribution in [0, 0.1) is 6.92 Å². The molecule has 0 fully saturated rings. The van der Waals surface area contributed by atoms with Gasteiger partial charge in [-0.05, 0) is 32.3 Å². The molecule has 3 heteroatoms. The summed E-state index contributed by atoms with van der Waals surface area (Å²) in [6, 6.07) is 8.88. The molecule has 0 amide bonds. The maximum atomic E-state index is 5.44. The van der Waals surface area contributed by atoms with Gasteiger partial charge in [0.1, 0.15) is 0 Å². The average Bonchev–Trinajstić information content (AvgIpc) is 2.41. The van der Waals surface area contributed by atoms with Crippen molar-refractivity contribution in [1.29, 1.82) is 0 Å². The van der Waals surface area contributed by atoms with Crippen molar-refractivity contribution in [3.05, 3.63) is 35.4 Å². The molecule has 0 saturated heterocycles. The first kappa shape index (κ1) is 16.2. The van der Waals surface area contributed by atoms with Crippen LogP contribution in [-0.4, -0.2) is 23.9 Å². The topological polar surface area (TPSA) is 9.23 Å². The second kappa shape index (κ2) is 8.34. The molecule has 0 unspecified atom stereocenters. The largest absolute Gasteiger partial charge is 0.382 e. The fraction of sp³-hybridized carbons (Fsp3) is 0.600. The van der Waals surface area contributed by atoms with Crippen LogP contribution in [0.4, 0.5) is 0 Å². The predicted octanol–water partition coefficient (Wildman–Crippen LogP) is 4.84. The molecule has 1 aromatic carbocycles. The summed E-state index contributed by atoms with van der Waals surface area (Å²) in [6.07, 6.45) is 2.23. The van der Waals surface area contributed by atoms with Crippen LogP contribution in [-0.2, 0) is 10.2 Å². The van der Waals surface area contributed by atoms with Gasteiger partial charge in [-0.15, -0.1) is 0 Å². The fourth-order valence-electron chi connectivity index (χ4n) is 2.03. The van der Waals surface area contributed by atoms with Crippen molar-refractivity contribution in [3.8, 4) is 0 Å². The molecule has 0 aromatic heterocycles. The van der Waals surface area contributed by atoms with Gasteiger partial charge in [-0.1, -0.05) is 61.7 Å². The van der Waals surface area contributed by atoms with Crippen LogP contribution in [0.2, 0.25) is 0 Å². The van der Waals surface area contributed by atoms with E-state index in [1.165, 1.54) is 11.1 Å². The third-order valence-electron chi connectivity index (χ3n) is 3.32. The second-order valence-electron chi connectivity index (χ2n) is 4.71. The molecular weight excluding hydrogens is 356 g/mol. The third kappa shape index (κ3) is 4.36. The van der Waals surface area contributed by atoms with Crippen molar-refractivity contribution in [3.63, 3.8) is 0 Å². The SMILES string of the molecule is CCOCCCC(CBr)(CBr)c1ccc(C)cc1. The van der Waals surface area contributed by atoms with Crippen molar-refractivity contribution in [2.24, 2.45) is 0 Å². The van der Waals surface area contributed by atoms with Crippen molar-refractivity contribution < 1.29 is 4.74 Å². The van der Waals surface area contributed by atoms with Crippen molar-refractivity contribution in [1.82, 2.24) is 0 Å². The Morgan fingerprint density at radius 1 is 1.11 bits per heavy atom. The molecule has 0 aliphatic heterocycles. The Bertz CT molecular complexity index is 331. The van der Waals surface area contributed by atoms with Crippen LogP contribution in [0.25, 0.3) is 0 Å². The highest BCUT2D eigenvalue weighted by Gasteiger charge is 2.29. The van der Waals surface area contributed by atoms with Gasteiger partial charge in [0.15, 0.2) is 0 Å². The molecule has 0 heterocycles. The summed E-state index contributed by atoms with van der Waals surface area (Å²) in [5, 5.41) is 1.95. The molecule has 18 heavy (non-hydrogen) atoms. The lowest BCUT2D eigenvalue weighted by Crippen LogP contribution is -2.30. The van der Waals surface area contributed by atoms with Gasteiger partial charge in [0.25, 0.3) is 0 Å². The van der Waals surface area contributed by atoms with E-state index in [-0.39, 0.29) is 5.41 Å². The van der Waals surface area contributed by atoms with E-state index in [0.29, 0.717) is 0 Å². The molecular formula is C15H22Br2O. The maximum absolute atomic E-state index is 5.44. The highest BCUT2D eigenvalue weighted by atomic mass is 79.9. The Morgan fingerprint density at radius 3 is 2.22 bits per heavy atom. The van der Waals surface area contributed by atoms with E-state index in [0.717, 1.165) is 36.7 Å². The van der Waals surface area contributed by atoms with Crippen LogP contribution in [0.5, 0.6) is 0 Å². The quantitative estimate of drug-likeness (QED) is 0.465. The zero-order valence-electron chi connectivity index (χ0n) is 11.2. The van der Waals surface area contributed by atoms with Crippen LogP contribution in [0.1, 0.15) is 30.9 Å². The molecule has 1 nitrogen and oxygen atoms in total. The summed E-state index contributed by atoms with van der Waals surface area (Å²) in [7, 11) is 0. The van der Waals surface area contributed by atoms with Gasteiger partial charge in [-0.3, -0.25) is 0 Å². The van der Waals surface area contributed by atoms with Crippen molar-refractivity contribution in [2.45, 2.75) is 32.1 Å². The van der Waals surface area contributed by atoms with E-state index in [2.05, 4.69) is 63.0 Å². The summed E-state index contributed by atoms with van der Waals surface area (Å²) in [5.41, 5.74) is 2.88. The minimum absolute atomic E-state index is 0.171. The Morgan fingerprint density at radius 2 is 1.72 bits per heavy atom. The first-order valence-electron chi connectivity index (χ1n) is 6.45. The van der Waals surface area contributed by atoms with Gasteiger partial charge in [0.2, 0.25) is 0 Å². The number of ether oxygens (including phenoxy) is 1. The van der Waals surface area contributed by atoms with Crippen LogP contribution >= 0.6 is 31.9 Å². The van der Waals surface area contributed by atoms with E-state index in [1.807, 2.05) is 6.92 Å². The van der Waals surface area contributed by atoms with E-state index >= 15 is 0 Å². The number of aryl methyl sites for hydroxylation is 1. The van der Waals surface area contributed by atoms with Gasteiger partial charge in [0.05, 0.1) is 0 Å². The molecule has 0 radical (unpaired) electrons. The molecule has 0 N–H and O–H groups in total. The minimum Gasteiger partial charge on any atom is -0.382 e. The summed E-state index contributed by atoms with van der Waals surface area (Å²) in [6.45, 7) is 5.83. The first-order chi connectivity index (χ1) is 8.68. The van der Waals surface area contributed by atoms with Crippen LogP contribution < -0.4 is 0 Å². The summed E-state index contributed by atoms with van der Waals surface area (Å²) < 4.78 is 5.44. The van der Waals surface area contributed by atoms with E-state index in [9.17, 15) is 0 Å². The number of benzene rings is 1. The number of hydrogen-bond acceptors (Lipinski definition) is 1. The zero-order chi connectivity index (χ0) is 13.4. The summed E-state index contributed by atoms with van der Waals surface area (Å²) in [4.78, 5) is 0. The molecule has 102 valence electrons.